The van der Waals surface area contributed by atoms with Crippen molar-refractivity contribution in [2.24, 2.45) is 0 Å². The average molecular weight is 437 g/mol. The summed E-state index contributed by atoms with van der Waals surface area (Å²) in [4.78, 5) is 4.56. The number of aromatic hydroxyl groups is 1. The molecular weight excluding hydrogens is 400 g/mol. The van der Waals surface area contributed by atoms with E-state index in [9.17, 15) is 15.3 Å². The van der Waals surface area contributed by atoms with Crippen molar-refractivity contribution in [3.8, 4) is 17.5 Å². The van der Waals surface area contributed by atoms with E-state index < -0.39 is 18.7 Å². The van der Waals surface area contributed by atoms with E-state index >= 15 is 0 Å². The van der Waals surface area contributed by atoms with Gasteiger partial charge in [0.2, 0.25) is 5.88 Å². The Morgan fingerprint density at radius 1 is 1.10 bits per heavy atom. The Kier molecular flexibility index (Phi) is 12.7. The average Bonchev–Trinajstić information content (AvgIpc) is 3.06. The third kappa shape index (κ3) is 11.0. The van der Waals surface area contributed by atoms with E-state index in [0.29, 0.717) is 26.1 Å². The van der Waals surface area contributed by atoms with Gasteiger partial charge in [-0.1, -0.05) is 0 Å². The number of ether oxygens (including phenoxy) is 5. The van der Waals surface area contributed by atoms with E-state index in [-0.39, 0.29) is 43.8 Å². The molecule has 176 valence electrons. The fourth-order valence-electron chi connectivity index (χ4n) is 2.37. The quantitative estimate of drug-likeness (QED) is 0.156. The van der Waals surface area contributed by atoms with Gasteiger partial charge in [0.1, 0.15) is 12.7 Å². The zero-order valence-corrected chi connectivity index (χ0v) is 18.0. The molecule has 0 aliphatic heterocycles. The minimum Gasteiger partial charge on any atom is -0.494 e. The highest BCUT2D eigenvalue weighted by Crippen LogP contribution is 2.31. The Hall–Kier alpha value is -1.60. The van der Waals surface area contributed by atoms with Gasteiger partial charge in [-0.2, -0.15) is 0 Å². The normalized spacial score (nSPS) is 14.6. The molecule has 11 heteroatoms. The number of aromatic nitrogens is 1. The van der Waals surface area contributed by atoms with Gasteiger partial charge in [0.25, 0.3) is 5.97 Å². The minimum absolute atomic E-state index is 0.00463. The largest absolute Gasteiger partial charge is 0.494 e. The predicted octanol–water partition coefficient (Wildman–Crippen LogP) is -0.111. The summed E-state index contributed by atoms with van der Waals surface area (Å²) in [5.74, 6) is -1.74. The van der Waals surface area contributed by atoms with E-state index in [1.807, 2.05) is 19.0 Å². The zero-order chi connectivity index (χ0) is 22.4. The van der Waals surface area contributed by atoms with Crippen LogP contribution in [-0.2, 0) is 14.2 Å². The number of H-pyrrole nitrogens is 1. The summed E-state index contributed by atoms with van der Waals surface area (Å²) < 4.78 is 26.9. The first-order valence-electron chi connectivity index (χ1n) is 9.90. The van der Waals surface area contributed by atoms with Crippen molar-refractivity contribution in [2.45, 2.75) is 31.3 Å². The SMILES string of the molecule is COCCCOC(O)(CCOc1cc(O)[nH]c1OCC(O)CO)OCCCN(C)C. The van der Waals surface area contributed by atoms with Crippen LogP contribution in [0, 0.1) is 0 Å². The molecule has 1 rings (SSSR count). The summed E-state index contributed by atoms with van der Waals surface area (Å²) >= 11 is 0. The van der Waals surface area contributed by atoms with Crippen LogP contribution in [0.4, 0.5) is 0 Å². The van der Waals surface area contributed by atoms with Gasteiger partial charge in [0.15, 0.2) is 11.6 Å². The minimum atomic E-state index is -1.83. The number of aliphatic hydroxyl groups is 3. The lowest BCUT2D eigenvalue weighted by Crippen LogP contribution is -2.38. The van der Waals surface area contributed by atoms with Gasteiger partial charge in [0, 0.05) is 19.8 Å². The standard InChI is InChI=1S/C19H36N2O9/c1-21(2)7-4-9-29-19(25,30-10-5-8-26-3)6-11-27-16-12-17(24)20-18(16)28-14-15(23)13-22/h12,15,20,22-25H,4-11,13-14H2,1-3H3. The van der Waals surface area contributed by atoms with Crippen LogP contribution >= 0.6 is 0 Å². The summed E-state index contributed by atoms with van der Waals surface area (Å²) in [5.41, 5.74) is 0. The van der Waals surface area contributed by atoms with Crippen molar-refractivity contribution >= 4 is 0 Å². The van der Waals surface area contributed by atoms with Crippen LogP contribution in [-0.4, -0.2) is 110 Å². The van der Waals surface area contributed by atoms with Gasteiger partial charge < -0.3 is 49.0 Å². The Morgan fingerprint density at radius 3 is 2.43 bits per heavy atom. The van der Waals surface area contributed by atoms with Gasteiger partial charge >= 0.3 is 0 Å². The molecule has 2 unspecified atom stereocenters. The highest BCUT2D eigenvalue weighted by Gasteiger charge is 2.29. The van der Waals surface area contributed by atoms with Crippen LogP contribution in [0.15, 0.2) is 6.07 Å². The third-order valence-corrected chi connectivity index (χ3v) is 3.94. The van der Waals surface area contributed by atoms with Gasteiger partial charge in [0.05, 0.1) is 32.8 Å². The molecule has 0 aliphatic rings. The third-order valence-electron chi connectivity index (χ3n) is 3.94. The topological polar surface area (TPSA) is 146 Å². The molecule has 1 heterocycles. The Morgan fingerprint density at radius 2 is 1.80 bits per heavy atom. The fraction of sp³-hybridized carbons (Fsp3) is 0.789. The molecule has 0 radical (unpaired) electrons. The molecule has 0 spiro atoms. The molecule has 0 aromatic carbocycles. The molecule has 2 atom stereocenters. The molecule has 0 amide bonds. The smallest absolute Gasteiger partial charge is 0.283 e. The number of nitrogens with one attached hydrogen (secondary N) is 1. The second-order valence-corrected chi connectivity index (χ2v) is 7.01. The molecule has 30 heavy (non-hydrogen) atoms. The Labute approximate surface area is 177 Å². The monoisotopic (exact) mass is 436 g/mol. The van der Waals surface area contributed by atoms with E-state index in [2.05, 4.69) is 4.98 Å². The Balaban J connectivity index is 2.58. The first-order chi connectivity index (χ1) is 14.3. The zero-order valence-electron chi connectivity index (χ0n) is 18.0. The lowest BCUT2D eigenvalue weighted by molar-refractivity contribution is -0.365. The maximum atomic E-state index is 10.7. The molecule has 1 aromatic heterocycles. The highest BCUT2D eigenvalue weighted by atomic mass is 16.8. The van der Waals surface area contributed by atoms with Crippen molar-refractivity contribution in [2.75, 3.05) is 67.4 Å². The molecule has 0 saturated carbocycles. The number of methoxy groups -OCH3 is 1. The second kappa shape index (κ2) is 14.4. The van der Waals surface area contributed by atoms with Crippen LogP contribution in [0.1, 0.15) is 19.3 Å². The van der Waals surface area contributed by atoms with Gasteiger partial charge in [-0.25, -0.2) is 0 Å². The molecule has 11 nitrogen and oxygen atoms in total. The number of rotatable bonds is 18. The number of nitrogens with zero attached hydrogens (tertiary/aromatic N) is 1. The first kappa shape index (κ1) is 26.4. The van der Waals surface area contributed by atoms with Crippen LogP contribution in [0.25, 0.3) is 0 Å². The first-order valence-corrected chi connectivity index (χ1v) is 9.90. The van der Waals surface area contributed by atoms with E-state index in [4.69, 9.17) is 28.8 Å². The van der Waals surface area contributed by atoms with Crippen molar-refractivity contribution in [3.63, 3.8) is 0 Å². The summed E-state index contributed by atoms with van der Waals surface area (Å²) in [5, 5.41) is 38.6. The molecule has 1 aromatic rings. The van der Waals surface area contributed by atoms with Crippen molar-refractivity contribution in [1.29, 1.82) is 0 Å². The molecule has 0 bridgehead atoms. The summed E-state index contributed by atoms with van der Waals surface area (Å²) in [6.07, 6.45) is 0.253. The predicted molar refractivity (Wildman–Crippen MR) is 108 cm³/mol. The van der Waals surface area contributed by atoms with Crippen LogP contribution in [0.5, 0.6) is 17.5 Å². The van der Waals surface area contributed by atoms with Crippen LogP contribution in [0.3, 0.4) is 0 Å². The van der Waals surface area contributed by atoms with E-state index in [1.165, 1.54) is 6.07 Å². The second-order valence-electron chi connectivity index (χ2n) is 7.01. The van der Waals surface area contributed by atoms with Gasteiger partial charge in [-0.05, 0) is 33.5 Å². The molecule has 0 fully saturated rings. The number of hydrogen-bond acceptors (Lipinski definition) is 10. The molecule has 0 aliphatic carbocycles. The van der Waals surface area contributed by atoms with Crippen molar-refractivity contribution in [3.05, 3.63) is 6.07 Å². The van der Waals surface area contributed by atoms with Crippen molar-refractivity contribution in [1.82, 2.24) is 9.88 Å². The van der Waals surface area contributed by atoms with Gasteiger partial charge in [-0.15, -0.1) is 0 Å². The van der Waals surface area contributed by atoms with Gasteiger partial charge in [-0.3, -0.25) is 4.98 Å². The Bertz CT molecular complexity index is 570. The summed E-state index contributed by atoms with van der Waals surface area (Å²) in [7, 11) is 5.49. The molecular formula is C19H36N2O9. The molecule has 5 N–H and O–H groups in total. The maximum Gasteiger partial charge on any atom is 0.283 e. The lowest BCUT2D eigenvalue weighted by atomic mass is 10.3. The highest BCUT2D eigenvalue weighted by molar-refractivity contribution is 5.40. The number of aromatic amines is 1. The van der Waals surface area contributed by atoms with Crippen LogP contribution in [0.2, 0.25) is 0 Å². The molecule has 0 saturated heterocycles. The number of hydrogen-bond donors (Lipinski definition) is 5. The summed E-state index contributed by atoms with van der Waals surface area (Å²) in [6.45, 7) is 1.21. The number of aliphatic hydroxyl groups excluding tert-OH is 2. The summed E-state index contributed by atoms with van der Waals surface area (Å²) in [6, 6.07) is 1.30. The van der Waals surface area contributed by atoms with E-state index in [0.717, 1.165) is 6.54 Å². The maximum absolute atomic E-state index is 10.7. The van der Waals surface area contributed by atoms with E-state index in [1.54, 1.807) is 7.11 Å². The van der Waals surface area contributed by atoms with Crippen molar-refractivity contribution < 1.29 is 44.1 Å². The fourth-order valence-corrected chi connectivity index (χ4v) is 2.37. The lowest BCUT2D eigenvalue weighted by Gasteiger charge is -2.28. The van der Waals surface area contributed by atoms with Crippen LogP contribution < -0.4 is 9.47 Å².